The summed E-state index contributed by atoms with van der Waals surface area (Å²) in [5, 5.41) is 0. The number of benzene rings is 1. The van der Waals surface area contributed by atoms with Gasteiger partial charge in [-0.1, -0.05) is 18.2 Å². The second kappa shape index (κ2) is 5.31. The van der Waals surface area contributed by atoms with Gasteiger partial charge in [0, 0.05) is 18.9 Å². The van der Waals surface area contributed by atoms with E-state index in [0.29, 0.717) is 11.4 Å². The Kier molecular flexibility index (Phi) is 3.57. The maximum atomic E-state index is 11.5. The molecule has 0 atom stereocenters. The van der Waals surface area contributed by atoms with E-state index in [9.17, 15) is 4.79 Å². The molecule has 0 unspecified atom stereocenters. The molecule has 0 aliphatic carbocycles. The molecule has 2 aromatic rings. The molecule has 0 radical (unpaired) electrons. The lowest BCUT2D eigenvalue weighted by Gasteiger charge is -2.18. The molecule has 0 fully saturated rings. The molecule has 1 heterocycles. The number of hydrogen-bond donors (Lipinski definition) is 0. The minimum absolute atomic E-state index is 0.361. The largest absolute Gasteiger partial charge is 0.465 e. The van der Waals surface area contributed by atoms with Crippen LogP contribution in [0.1, 0.15) is 10.4 Å². The van der Waals surface area contributed by atoms with Gasteiger partial charge in [0.15, 0.2) is 0 Å². The quantitative estimate of drug-likeness (QED) is 0.776. The zero-order valence-electron chi connectivity index (χ0n) is 10.3. The third-order valence-corrected chi connectivity index (χ3v) is 2.65. The predicted molar refractivity (Wildman–Crippen MR) is 70.1 cm³/mol. The summed E-state index contributed by atoms with van der Waals surface area (Å²) < 4.78 is 4.69. The minimum Gasteiger partial charge on any atom is -0.465 e. The van der Waals surface area contributed by atoms with Gasteiger partial charge < -0.3 is 9.64 Å². The molecule has 2 rings (SSSR count). The van der Waals surface area contributed by atoms with Gasteiger partial charge >= 0.3 is 5.97 Å². The fraction of sp³-hybridized carbons (Fsp3) is 0.143. The van der Waals surface area contributed by atoms with Gasteiger partial charge in [-0.25, -0.2) is 9.78 Å². The maximum Gasteiger partial charge on any atom is 0.338 e. The van der Waals surface area contributed by atoms with Crippen LogP contribution in [0.2, 0.25) is 0 Å². The number of methoxy groups -OCH3 is 1. The summed E-state index contributed by atoms with van der Waals surface area (Å²) in [6.07, 6.45) is 1.60. The predicted octanol–water partition coefficient (Wildman–Crippen LogP) is 2.64. The molecule has 0 N–H and O–H groups in total. The second-order valence-electron chi connectivity index (χ2n) is 3.79. The number of carbonyl (C=O) groups is 1. The van der Waals surface area contributed by atoms with Crippen LogP contribution in [0.4, 0.5) is 11.5 Å². The summed E-state index contributed by atoms with van der Waals surface area (Å²) in [5.41, 5.74) is 1.50. The molecule has 92 valence electrons. The van der Waals surface area contributed by atoms with Gasteiger partial charge in [-0.3, -0.25) is 0 Å². The molecule has 4 nitrogen and oxygen atoms in total. The van der Waals surface area contributed by atoms with E-state index >= 15 is 0 Å². The molecule has 0 bridgehead atoms. The molecule has 0 spiro atoms. The second-order valence-corrected chi connectivity index (χ2v) is 3.79. The number of aromatic nitrogens is 1. The summed E-state index contributed by atoms with van der Waals surface area (Å²) in [4.78, 5) is 17.6. The topological polar surface area (TPSA) is 42.4 Å². The Morgan fingerprint density at radius 1 is 1.22 bits per heavy atom. The van der Waals surface area contributed by atoms with E-state index in [1.807, 2.05) is 42.3 Å². The van der Waals surface area contributed by atoms with E-state index in [4.69, 9.17) is 4.74 Å². The van der Waals surface area contributed by atoms with Crippen molar-refractivity contribution in [3.8, 4) is 0 Å². The molecule has 1 aromatic heterocycles. The molecular weight excluding hydrogens is 228 g/mol. The molecule has 0 saturated carbocycles. The summed E-state index contributed by atoms with van der Waals surface area (Å²) >= 11 is 0. The van der Waals surface area contributed by atoms with E-state index in [0.717, 1.165) is 5.69 Å². The van der Waals surface area contributed by atoms with E-state index in [-0.39, 0.29) is 5.97 Å². The van der Waals surface area contributed by atoms with Gasteiger partial charge in [0.1, 0.15) is 5.82 Å². The number of esters is 1. The molecule has 0 saturated heterocycles. The lowest BCUT2D eigenvalue weighted by Crippen LogP contribution is -2.12. The highest BCUT2D eigenvalue weighted by Gasteiger charge is 2.09. The van der Waals surface area contributed by atoms with E-state index < -0.39 is 0 Å². The first kappa shape index (κ1) is 12.1. The van der Waals surface area contributed by atoms with Gasteiger partial charge in [0.25, 0.3) is 0 Å². The zero-order valence-corrected chi connectivity index (χ0v) is 10.3. The van der Waals surface area contributed by atoms with Crippen LogP contribution < -0.4 is 4.90 Å². The standard InChI is InChI=1S/C14H14N2O2/c1-16(12-6-4-3-5-7-12)13-10-11(8-9-15-13)14(17)18-2/h3-10H,1-2H3. The summed E-state index contributed by atoms with van der Waals surface area (Å²) in [6, 6.07) is 13.2. The molecule has 0 aliphatic heterocycles. The van der Waals surface area contributed by atoms with Crippen molar-refractivity contribution in [2.75, 3.05) is 19.1 Å². The summed E-state index contributed by atoms with van der Waals surface area (Å²) in [5.74, 6) is 0.337. The van der Waals surface area contributed by atoms with Crippen LogP contribution in [0.15, 0.2) is 48.7 Å². The number of para-hydroxylation sites is 1. The summed E-state index contributed by atoms with van der Waals surface area (Å²) in [7, 11) is 3.27. The first-order valence-electron chi connectivity index (χ1n) is 5.55. The van der Waals surface area contributed by atoms with Crippen LogP contribution in [0.3, 0.4) is 0 Å². The Morgan fingerprint density at radius 3 is 2.61 bits per heavy atom. The fourth-order valence-electron chi connectivity index (χ4n) is 1.63. The van der Waals surface area contributed by atoms with Crippen LogP contribution in [0.5, 0.6) is 0 Å². The third-order valence-electron chi connectivity index (χ3n) is 2.65. The number of hydrogen-bond acceptors (Lipinski definition) is 4. The van der Waals surface area contributed by atoms with Crippen LogP contribution >= 0.6 is 0 Å². The van der Waals surface area contributed by atoms with Crippen molar-refractivity contribution in [2.24, 2.45) is 0 Å². The zero-order chi connectivity index (χ0) is 13.0. The highest BCUT2D eigenvalue weighted by atomic mass is 16.5. The van der Waals surface area contributed by atoms with Crippen LogP contribution in [-0.4, -0.2) is 25.1 Å². The molecular formula is C14H14N2O2. The lowest BCUT2D eigenvalue weighted by molar-refractivity contribution is 0.0600. The Bertz CT molecular complexity index is 541. The number of rotatable bonds is 3. The first-order chi connectivity index (χ1) is 8.72. The van der Waals surface area contributed by atoms with Crippen LogP contribution in [-0.2, 0) is 4.74 Å². The Labute approximate surface area is 106 Å². The van der Waals surface area contributed by atoms with Crippen LogP contribution in [0.25, 0.3) is 0 Å². The highest BCUT2D eigenvalue weighted by Crippen LogP contribution is 2.21. The first-order valence-corrected chi connectivity index (χ1v) is 5.55. The highest BCUT2D eigenvalue weighted by molar-refractivity contribution is 5.90. The molecule has 4 heteroatoms. The molecule has 0 aliphatic rings. The van der Waals surface area contributed by atoms with Crippen molar-refractivity contribution in [3.05, 3.63) is 54.2 Å². The number of pyridine rings is 1. The fourth-order valence-corrected chi connectivity index (χ4v) is 1.63. The molecule has 0 amide bonds. The number of anilines is 2. The van der Waals surface area contributed by atoms with Gasteiger partial charge in [-0.15, -0.1) is 0 Å². The van der Waals surface area contributed by atoms with Crippen molar-refractivity contribution in [1.29, 1.82) is 0 Å². The summed E-state index contributed by atoms with van der Waals surface area (Å²) in [6.45, 7) is 0. The number of carbonyl (C=O) groups excluding carboxylic acids is 1. The van der Waals surface area contributed by atoms with Gasteiger partial charge in [-0.2, -0.15) is 0 Å². The molecule has 1 aromatic carbocycles. The number of nitrogens with zero attached hydrogens (tertiary/aromatic N) is 2. The van der Waals surface area contributed by atoms with Crippen molar-refractivity contribution in [3.63, 3.8) is 0 Å². The normalized spacial score (nSPS) is 9.89. The van der Waals surface area contributed by atoms with Gasteiger partial charge in [0.05, 0.1) is 12.7 Å². The Balaban J connectivity index is 2.31. The van der Waals surface area contributed by atoms with Crippen molar-refractivity contribution in [1.82, 2.24) is 4.98 Å². The number of ether oxygens (including phenoxy) is 1. The Morgan fingerprint density at radius 2 is 1.94 bits per heavy atom. The van der Waals surface area contributed by atoms with E-state index in [1.54, 1.807) is 18.3 Å². The third kappa shape index (κ3) is 2.48. The van der Waals surface area contributed by atoms with E-state index in [2.05, 4.69) is 4.98 Å². The average Bonchev–Trinajstić information content (AvgIpc) is 2.46. The van der Waals surface area contributed by atoms with Gasteiger partial charge in [0.2, 0.25) is 0 Å². The minimum atomic E-state index is -0.361. The van der Waals surface area contributed by atoms with Crippen LogP contribution in [0, 0.1) is 0 Å². The monoisotopic (exact) mass is 242 g/mol. The lowest BCUT2D eigenvalue weighted by atomic mass is 10.2. The SMILES string of the molecule is COC(=O)c1ccnc(N(C)c2ccccc2)c1. The maximum absolute atomic E-state index is 11.5. The van der Waals surface area contributed by atoms with Gasteiger partial charge in [-0.05, 0) is 24.3 Å². The van der Waals surface area contributed by atoms with Crippen molar-refractivity contribution < 1.29 is 9.53 Å². The molecule has 18 heavy (non-hydrogen) atoms. The average molecular weight is 242 g/mol. The van der Waals surface area contributed by atoms with Crippen molar-refractivity contribution in [2.45, 2.75) is 0 Å². The van der Waals surface area contributed by atoms with E-state index in [1.165, 1.54) is 7.11 Å². The Hall–Kier alpha value is -2.36. The smallest absolute Gasteiger partial charge is 0.338 e. The van der Waals surface area contributed by atoms with Crippen molar-refractivity contribution >= 4 is 17.5 Å².